The molecule has 5 unspecified atom stereocenters. The summed E-state index contributed by atoms with van der Waals surface area (Å²) in [4.78, 5) is 47.3. The van der Waals surface area contributed by atoms with Crippen molar-refractivity contribution in [3.63, 3.8) is 0 Å². The maximum Gasteiger partial charge on any atom is 0.325 e. The number of carbonyl (C=O) groups excluding carboxylic acids is 3. The summed E-state index contributed by atoms with van der Waals surface area (Å²) < 4.78 is 0. The van der Waals surface area contributed by atoms with Gasteiger partial charge in [0.1, 0.15) is 24.2 Å². The van der Waals surface area contributed by atoms with Gasteiger partial charge in [0.2, 0.25) is 17.7 Å². The quantitative estimate of drug-likeness (QED) is 0.198. The molecule has 0 aliphatic heterocycles. The number of carboxylic acids is 1. The Hall–Kier alpha value is -2.24. The third-order valence-electron chi connectivity index (χ3n) is 3.71. The zero-order valence-corrected chi connectivity index (χ0v) is 15.9. The van der Waals surface area contributed by atoms with Gasteiger partial charge >= 0.3 is 5.97 Å². The molecule has 0 aliphatic carbocycles. The smallest absolute Gasteiger partial charge is 0.325 e. The van der Waals surface area contributed by atoms with Crippen LogP contribution in [-0.2, 0) is 19.2 Å². The normalized spacial score (nSPS) is 16.6. The van der Waals surface area contributed by atoms with Gasteiger partial charge in [-0.25, -0.2) is 0 Å². The zero-order chi connectivity index (χ0) is 21.3. The van der Waals surface area contributed by atoms with Crippen molar-refractivity contribution in [2.24, 2.45) is 11.7 Å². The third-order valence-corrected chi connectivity index (χ3v) is 3.71. The molecular weight excluding hydrogens is 360 g/mol. The van der Waals surface area contributed by atoms with E-state index < -0.39 is 60.6 Å². The summed E-state index contributed by atoms with van der Waals surface area (Å²) in [6, 6.07) is -4.89. The van der Waals surface area contributed by atoms with Crippen LogP contribution in [0.5, 0.6) is 0 Å². The molecule has 156 valence electrons. The highest BCUT2D eigenvalue weighted by Crippen LogP contribution is 2.06. The lowest BCUT2D eigenvalue weighted by molar-refractivity contribution is -0.142. The molecule has 0 heterocycles. The molecule has 0 aromatic heterocycles. The van der Waals surface area contributed by atoms with Crippen molar-refractivity contribution in [1.29, 1.82) is 0 Å². The molecule has 0 saturated heterocycles. The lowest BCUT2D eigenvalue weighted by Gasteiger charge is -2.25. The average Bonchev–Trinajstić information content (AvgIpc) is 2.56. The maximum absolute atomic E-state index is 12.5. The van der Waals surface area contributed by atoms with Crippen LogP contribution in [0.3, 0.4) is 0 Å². The predicted molar refractivity (Wildman–Crippen MR) is 95.3 cm³/mol. The molecule has 5 atom stereocenters. The zero-order valence-electron chi connectivity index (χ0n) is 15.9. The number of amides is 3. The number of nitrogens with two attached hydrogens (primary N) is 1. The molecule has 0 saturated carbocycles. The largest absolute Gasteiger partial charge is 0.480 e. The van der Waals surface area contributed by atoms with Gasteiger partial charge in [-0.2, -0.15) is 0 Å². The van der Waals surface area contributed by atoms with Gasteiger partial charge in [-0.3, -0.25) is 19.2 Å². The number of aliphatic hydroxyl groups excluding tert-OH is 2. The summed E-state index contributed by atoms with van der Waals surface area (Å²) in [5, 5.41) is 34.4. The Bertz CT molecular complexity index is 539. The monoisotopic (exact) mass is 390 g/mol. The molecule has 0 aromatic rings. The summed E-state index contributed by atoms with van der Waals surface area (Å²) in [5.74, 6) is -3.64. The Labute approximate surface area is 157 Å². The van der Waals surface area contributed by atoms with Crippen LogP contribution in [0.15, 0.2) is 0 Å². The second-order valence-corrected chi connectivity index (χ2v) is 6.77. The van der Waals surface area contributed by atoms with Crippen LogP contribution in [0.2, 0.25) is 0 Å². The number of aliphatic carboxylic acids is 1. The van der Waals surface area contributed by atoms with Crippen molar-refractivity contribution in [1.82, 2.24) is 16.0 Å². The fourth-order valence-electron chi connectivity index (χ4n) is 2.03. The first-order valence-corrected chi connectivity index (χ1v) is 8.59. The number of aliphatic hydroxyl groups is 2. The fourth-order valence-corrected chi connectivity index (χ4v) is 2.03. The maximum atomic E-state index is 12.5. The van der Waals surface area contributed by atoms with Crippen LogP contribution in [0, 0.1) is 5.92 Å². The first-order chi connectivity index (χ1) is 12.4. The van der Waals surface area contributed by atoms with E-state index in [2.05, 4.69) is 16.0 Å². The average molecular weight is 390 g/mol. The molecule has 0 aromatic carbocycles. The topological polar surface area (TPSA) is 191 Å². The Morgan fingerprint density at radius 2 is 1.37 bits per heavy atom. The number of rotatable bonds is 11. The second kappa shape index (κ2) is 11.5. The number of nitrogens with one attached hydrogen (secondary N) is 3. The van der Waals surface area contributed by atoms with Crippen LogP contribution in [0.1, 0.15) is 34.1 Å². The Balaban J connectivity index is 5.11. The minimum absolute atomic E-state index is 0.00254. The Morgan fingerprint density at radius 1 is 0.889 bits per heavy atom. The highest BCUT2D eigenvalue weighted by Gasteiger charge is 2.30. The van der Waals surface area contributed by atoms with Gasteiger partial charge in [0.15, 0.2) is 0 Å². The van der Waals surface area contributed by atoms with E-state index in [9.17, 15) is 29.4 Å². The van der Waals surface area contributed by atoms with Crippen molar-refractivity contribution in [2.45, 2.75) is 64.4 Å². The van der Waals surface area contributed by atoms with Crippen molar-refractivity contribution in [2.75, 3.05) is 6.61 Å². The number of carbonyl (C=O) groups is 4. The van der Waals surface area contributed by atoms with Gasteiger partial charge in [-0.15, -0.1) is 0 Å². The number of hydrogen-bond donors (Lipinski definition) is 7. The van der Waals surface area contributed by atoms with Crippen LogP contribution in [0.4, 0.5) is 0 Å². The van der Waals surface area contributed by atoms with Crippen LogP contribution >= 0.6 is 0 Å². The SMILES string of the molecule is CC(C)CC(NC(=O)C(N)C(C)O)C(=O)NC(CO)C(=O)NC(C)C(=O)O. The fraction of sp³-hybridized carbons (Fsp3) is 0.750. The molecule has 0 radical (unpaired) electrons. The lowest BCUT2D eigenvalue weighted by atomic mass is 10.0. The van der Waals surface area contributed by atoms with E-state index in [1.54, 1.807) is 0 Å². The van der Waals surface area contributed by atoms with Gasteiger partial charge in [0, 0.05) is 0 Å². The first kappa shape index (κ1) is 24.8. The first-order valence-electron chi connectivity index (χ1n) is 8.59. The number of carboxylic acid groups (broad SMARTS) is 1. The van der Waals surface area contributed by atoms with Crippen molar-refractivity contribution >= 4 is 23.7 Å². The van der Waals surface area contributed by atoms with Gasteiger partial charge in [0.05, 0.1) is 12.7 Å². The van der Waals surface area contributed by atoms with Crippen LogP contribution < -0.4 is 21.7 Å². The van der Waals surface area contributed by atoms with Crippen molar-refractivity contribution in [3.05, 3.63) is 0 Å². The molecule has 11 nitrogen and oxygen atoms in total. The molecule has 0 bridgehead atoms. The van der Waals surface area contributed by atoms with Crippen molar-refractivity contribution < 1.29 is 34.5 Å². The molecule has 3 amide bonds. The standard InChI is InChI=1S/C16H30N4O7/c1-7(2)5-10(19-15(25)12(17)9(4)22)13(23)20-11(6-21)14(24)18-8(3)16(26)27/h7-12,21-22H,5-6,17H2,1-4H3,(H,18,24)(H,19,25)(H,20,23)(H,26,27). The minimum Gasteiger partial charge on any atom is -0.480 e. The Kier molecular flexibility index (Phi) is 10.5. The van der Waals surface area contributed by atoms with Gasteiger partial charge in [-0.05, 0) is 26.2 Å². The van der Waals surface area contributed by atoms with Gasteiger partial charge < -0.3 is 37.0 Å². The van der Waals surface area contributed by atoms with E-state index >= 15 is 0 Å². The van der Waals surface area contributed by atoms with E-state index in [0.29, 0.717) is 0 Å². The molecule has 0 fully saturated rings. The summed E-state index contributed by atoms with van der Waals surface area (Å²) in [6.45, 7) is 5.42. The molecule has 0 aliphatic rings. The highest BCUT2D eigenvalue weighted by atomic mass is 16.4. The van der Waals surface area contributed by atoms with Crippen LogP contribution in [-0.4, -0.2) is 75.9 Å². The molecule has 0 spiro atoms. The number of hydrogen-bond acceptors (Lipinski definition) is 7. The summed E-state index contributed by atoms with van der Waals surface area (Å²) in [7, 11) is 0. The second-order valence-electron chi connectivity index (χ2n) is 6.77. The van der Waals surface area contributed by atoms with Gasteiger partial charge in [0.25, 0.3) is 0 Å². The Morgan fingerprint density at radius 3 is 1.78 bits per heavy atom. The molecule has 0 rings (SSSR count). The minimum atomic E-state index is -1.39. The molecular formula is C16H30N4O7. The van der Waals surface area contributed by atoms with Gasteiger partial charge in [-0.1, -0.05) is 13.8 Å². The summed E-state index contributed by atoms with van der Waals surface area (Å²) in [5.41, 5.74) is 5.54. The van der Waals surface area contributed by atoms with E-state index in [0.717, 1.165) is 0 Å². The highest BCUT2D eigenvalue weighted by molar-refractivity contribution is 5.94. The summed E-state index contributed by atoms with van der Waals surface area (Å²) in [6.07, 6.45) is -0.906. The van der Waals surface area contributed by atoms with Crippen molar-refractivity contribution in [3.8, 4) is 0 Å². The van der Waals surface area contributed by atoms with E-state index in [4.69, 9.17) is 10.8 Å². The summed E-state index contributed by atoms with van der Waals surface area (Å²) >= 11 is 0. The lowest BCUT2D eigenvalue weighted by Crippen LogP contribution is -2.58. The molecule has 11 heteroatoms. The molecule has 8 N–H and O–H groups in total. The predicted octanol–water partition coefficient (Wildman–Crippen LogP) is -2.71. The van der Waals surface area contributed by atoms with E-state index in [1.165, 1.54) is 13.8 Å². The van der Waals surface area contributed by atoms with E-state index in [1.807, 2.05) is 13.8 Å². The molecule has 27 heavy (non-hydrogen) atoms. The van der Waals surface area contributed by atoms with E-state index in [-0.39, 0.29) is 12.3 Å². The van der Waals surface area contributed by atoms with Crippen LogP contribution in [0.25, 0.3) is 0 Å². The third kappa shape index (κ3) is 8.80.